The minimum absolute atomic E-state index is 0.0533. The average molecular weight is 370 g/mol. The van der Waals surface area contributed by atoms with E-state index in [4.69, 9.17) is 4.74 Å². The van der Waals surface area contributed by atoms with Gasteiger partial charge in [0, 0.05) is 12.1 Å². The summed E-state index contributed by atoms with van der Waals surface area (Å²) in [7, 11) is 0. The van der Waals surface area contributed by atoms with Crippen molar-refractivity contribution in [1.29, 1.82) is 0 Å². The van der Waals surface area contributed by atoms with E-state index in [2.05, 4.69) is 5.32 Å². The third kappa shape index (κ3) is 6.22. The van der Waals surface area contributed by atoms with Crippen LogP contribution in [-0.4, -0.2) is 22.7 Å². The van der Waals surface area contributed by atoms with Crippen LogP contribution in [0.5, 0.6) is 5.75 Å². The van der Waals surface area contributed by atoms with Crippen LogP contribution in [0.25, 0.3) is 0 Å². The zero-order chi connectivity index (χ0) is 19.8. The highest BCUT2D eigenvalue weighted by molar-refractivity contribution is 5.98. The molecule has 2 rings (SSSR count). The minimum atomic E-state index is -0.595. The van der Waals surface area contributed by atoms with Gasteiger partial charge in [-0.1, -0.05) is 18.2 Å². The van der Waals surface area contributed by atoms with Gasteiger partial charge in [0.1, 0.15) is 5.75 Å². The van der Waals surface area contributed by atoms with Gasteiger partial charge >= 0.3 is 0 Å². The maximum Gasteiger partial charge on any atom is 0.283 e. The number of benzene rings is 2. The van der Waals surface area contributed by atoms with E-state index < -0.39 is 4.92 Å². The molecule has 0 aliphatic rings. The number of ketones is 1. The van der Waals surface area contributed by atoms with Crippen molar-refractivity contribution in [2.75, 3.05) is 5.32 Å². The molecular formula is C20H22N2O5. The molecule has 27 heavy (non-hydrogen) atoms. The summed E-state index contributed by atoms with van der Waals surface area (Å²) < 4.78 is 5.69. The lowest BCUT2D eigenvalue weighted by Crippen LogP contribution is -2.15. The second-order valence-corrected chi connectivity index (χ2v) is 6.23. The SMILES string of the molecule is CC(=O)c1ccc(OC(C)CCCC(=O)Nc2ccccc2)cc1[N+](=O)[O-]. The van der Waals surface area contributed by atoms with Crippen molar-refractivity contribution in [1.82, 2.24) is 0 Å². The number of nitro benzene ring substituents is 1. The van der Waals surface area contributed by atoms with Gasteiger partial charge < -0.3 is 10.1 Å². The van der Waals surface area contributed by atoms with Gasteiger partial charge in [-0.2, -0.15) is 0 Å². The fraction of sp³-hybridized carbons (Fsp3) is 0.300. The fourth-order valence-electron chi connectivity index (χ4n) is 2.62. The molecular weight excluding hydrogens is 348 g/mol. The number of nitro groups is 1. The highest BCUT2D eigenvalue weighted by Crippen LogP contribution is 2.26. The number of anilines is 1. The van der Waals surface area contributed by atoms with Gasteiger partial charge in [-0.25, -0.2) is 0 Å². The first kappa shape index (κ1) is 20.1. The Hall–Kier alpha value is -3.22. The highest BCUT2D eigenvalue weighted by Gasteiger charge is 2.19. The van der Waals surface area contributed by atoms with E-state index in [9.17, 15) is 19.7 Å². The number of ether oxygens (including phenoxy) is 1. The Morgan fingerprint density at radius 1 is 1.19 bits per heavy atom. The monoisotopic (exact) mass is 370 g/mol. The Bertz CT molecular complexity index is 820. The largest absolute Gasteiger partial charge is 0.490 e. The molecule has 0 aliphatic heterocycles. The van der Waals surface area contributed by atoms with Crippen molar-refractivity contribution in [3.05, 3.63) is 64.2 Å². The summed E-state index contributed by atoms with van der Waals surface area (Å²) in [4.78, 5) is 33.9. The molecule has 0 spiro atoms. The summed E-state index contributed by atoms with van der Waals surface area (Å²) in [5.74, 6) is -0.117. The molecule has 1 atom stereocenters. The molecule has 0 bridgehead atoms. The summed E-state index contributed by atoms with van der Waals surface area (Å²) in [5.41, 5.74) is 0.539. The second-order valence-electron chi connectivity index (χ2n) is 6.23. The number of nitrogens with zero attached hydrogens (tertiary/aromatic N) is 1. The molecule has 1 N–H and O–H groups in total. The first-order valence-corrected chi connectivity index (χ1v) is 8.67. The van der Waals surface area contributed by atoms with Crippen molar-refractivity contribution in [3.63, 3.8) is 0 Å². The van der Waals surface area contributed by atoms with E-state index >= 15 is 0 Å². The van der Waals surface area contributed by atoms with Gasteiger partial charge in [0.2, 0.25) is 5.91 Å². The number of hydrogen-bond donors (Lipinski definition) is 1. The number of hydrogen-bond acceptors (Lipinski definition) is 5. The van der Waals surface area contributed by atoms with Crippen LogP contribution in [0, 0.1) is 10.1 Å². The summed E-state index contributed by atoms with van der Waals surface area (Å²) in [6.45, 7) is 3.12. The predicted molar refractivity (Wildman–Crippen MR) is 102 cm³/mol. The van der Waals surface area contributed by atoms with Gasteiger partial charge in [-0.15, -0.1) is 0 Å². The smallest absolute Gasteiger partial charge is 0.283 e. The van der Waals surface area contributed by atoms with Crippen LogP contribution >= 0.6 is 0 Å². The van der Waals surface area contributed by atoms with Crippen LogP contribution in [0.15, 0.2) is 48.5 Å². The van der Waals surface area contributed by atoms with E-state index in [1.165, 1.54) is 19.1 Å². The van der Waals surface area contributed by atoms with Crippen molar-refractivity contribution in [2.24, 2.45) is 0 Å². The topological polar surface area (TPSA) is 98.5 Å². The molecule has 1 amide bonds. The molecule has 2 aromatic carbocycles. The van der Waals surface area contributed by atoms with Crippen LogP contribution in [-0.2, 0) is 4.79 Å². The molecule has 142 valence electrons. The van der Waals surface area contributed by atoms with Gasteiger partial charge in [0.05, 0.1) is 22.7 Å². The Kier molecular flexibility index (Phi) is 7.05. The number of amides is 1. The van der Waals surface area contributed by atoms with Crippen LogP contribution in [0.3, 0.4) is 0 Å². The maximum atomic E-state index is 11.9. The van der Waals surface area contributed by atoms with Crippen molar-refractivity contribution in [3.8, 4) is 5.75 Å². The lowest BCUT2D eigenvalue weighted by molar-refractivity contribution is -0.385. The molecule has 0 aliphatic carbocycles. The number of Topliss-reactive ketones (excluding diaryl/α,β-unsaturated/α-hetero) is 1. The van der Waals surface area contributed by atoms with E-state index in [1.54, 1.807) is 6.07 Å². The zero-order valence-electron chi connectivity index (χ0n) is 15.3. The Balaban J connectivity index is 1.84. The van der Waals surface area contributed by atoms with E-state index in [1.807, 2.05) is 37.3 Å². The number of rotatable bonds is 9. The maximum absolute atomic E-state index is 11.9. The third-order valence-electron chi connectivity index (χ3n) is 3.95. The summed E-state index contributed by atoms with van der Waals surface area (Å²) in [6.07, 6.45) is 1.36. The summed E-state index contributed by atoms with van der Waals surface area (Å²) >= 11 is 0. The number of carbonyl (C=O) groups excluding carboxylic acids is 2. The Morgan fingerprint density at radius 2 is 1.89 bits per heavy atom. The van der Waals surface area contributed by atoms with Crippen molar-refractivity contribution >= 4 is 23.1 Å². The standard InChI is InChI=1S/C20H22N2O5/c1-14(7-6-10-20(24)21-16-8-4-3-5-9-16)27-17-11-12-18(15(2)23)19(13-17)22(25)26/h3-5,8-9,11-14H,6-7,10H2,1-2H3,(H,21,24). The predicted octanol–water partition coefficient (Wildman–Crippen LogP) is 4.37. The molecule has 7 nitrogen and oxygen atoms in total. The summed E-state index contributed by atoms with van der Waals surface area (Å²) in [5, 5.41) is 13.9. The van der Waals surface area contributed by atoms with E-state index in [0.29, 0.717) is 25.0 Å². The van der Waals surface area contributed by atoms with Crippen LogP contribution in [0.2, 0.25) is 0 Å². The first-order chi connectivity index (χ1) is 12.9. The van der Waals surface area contributed by atoms with E-state index in [0.717, 1.165) is 5.69 Å². The van der Waals surface area contributed by atoms with E-state index in [-0.39, 0.29) is 29.0 Å². The van der Waals surface area contributed by atoms with Crippen LogP contribution in [0.1, 0.15) is 43.5 Å². The van der Waals surface area contributed by atoms with Gasteiger partial charge in [0.15, 0.2) is 5.78 Å². The lowest BCUT2D eigenvalue weighted by atomic mass is 10.1. The molecule has 0 saturated carbocycles. The normalized spacial score (nSPS) is 11.5. The Morgan fingerprint density at radius 3 is 2.52 bits per heavy atom. The third-order valence-corrected chi connectivity index (χ3v) is 3.95. The summed E-state index contributed by atoms with van der Waals surface area (Å²) in [6, 6.07) is 13.4. The quantitative estimate of drug-likeness (QED) is 0.401. The van der Waals surface area contributed by atoms with Crippen molar-refractivity contribution in [2.45, 2.75) is 39.2 Å². The molecule has 7 heteroatoms. The number of nitrogens with one attached hydrogen (secondary N) is 1. The molecule has 0 radical (unpaired) electrons. The number of para-hydroxylation sites is 1. The van der Waals surface area contributed by atoms with Crippen LogP contribution < -0.4 is 10.1 Å². The van der Waals surface area contributed by atoms with Crippen LogP contribution in [0.4, 0.5) is 11.4 Å². The second kappa shape index (κ2) is 9.47. The molecule has 0 fully saturated rings. The molecule has 2 aromatic rings. The molecule has 0 saturated heterocycles. The fourth-order valence-corrected chi connectivity index (χ4v) is 2.62. The molecule has 0 aromatic heterocycles. The van der Waals surface area contributed by atoms with Gasteiger partial charge in [-0.05, 0) is 51.0 Å². The number of carbonyl (C=O) groups is 2. The molecule has 0 heterocycles. The van der Waals surface area contributed by atoms with Crippen molar-refractivity contribution < 1.29 is 19.2 Å². The average Bonchev–Trinajstić information content (AvgIpc) is 2.62. The highest BCUT2D eigenvalue weighted by atomic mass is 16.6. The first-order valence-electron chi connectivity index (χ1n) is 8.67. The van der Waals surface area contributed by atoms with Gasteiger partial charge in [-0.3, -0.25) is 19.7 Å². The van der Waals surface area contributed by atoms with Gasteiger partial charge in [0.25, 0.3) is 5.69 Å². The molecule has 1 unspecified atom stereocenters. The lowest BCUT2D eigenvalue weighted by Gasteiger charge is -2.15. The minimum Gasteiger partial charge on any atom is -0.490 e. The Labute approximate surface area is 157 Å². The zero-order valence-corrected chi connectivity index (χ0v) is 15.3.